The van der Waals surface area contributed by atoms with Crippen LogP contribution in [0.1, 0.15) is 45.0 Å². The van der Waals surface area contributed by atoms with E-state index in [1.807, 2.05) is 11.7 Å². The first kappa shape index (κ1) is 15.7. The van der Waals surface area contributed by atoms with Crippen LogP contribution in [-0.4, -0.2) is 15.8 Å². The van der Waals surface area contributed by atoms with Crippen LogP contribution >= 0.6 is 15.9 Å². The van der Waals surface area contributed by atoms with E-state index in [0.717, 1.165) is 29.4 Å². The van der Waals surface area contributed by atoms with Gasteiger partial charge in [-0.05, 0) is 34.7 Å². The molecule has 2 unspecified atom stereocenters. The molecule has 0 saturated carbocycles. The van der Waals surface area contributed by atoms with Crippen molar-refractivity contribution in [2.75, 3.05) is 0 Å². The van der Waals surface area contributed by atoms with Gasteiger partial charge in [0.15, 0.2) is 0 Å². The Bertz CT molecular complexity index is 375. The van der Waals surface area contributed by atoms with Gasteiger partial charge in [-0.1, -0.05) is 27.2 Å². The molecule has 0 aliphatic heterocycles. The lowest BCUT2D eigenvalue weighted by Gasteiger charge is -2.19. The minimum absolute atomic E-state index is 0.302. The minimum atomic E-state index is 0.302. The van der Waals surface area contributed by atoms with Gasteiger partial charge in [0.25, 0.3) is 0 Å². The van der Waals surface area contributed by atoms with Gasteiger partial charge in [-0.3, -0.25) is 16.0 Å². The van der Waals surface area contributed by atoms with Gasteiger partial charge in [0.05, 0.1) is 15.9 Å². The second kappa shape index (κ2) is 7.26. The average molecular weight is 317 g/mol. The molecule has 5 heteroatoms. The van der Waals surface area contributed by atoms with Crippen LogP contribution in [0.15, 0.2) is 4.47 Å². The van der Waals surface area contributed by atoms with Gasteiger partial charge in [-0.15, -0.1) is 0 Å². The van der Waals surface area contributed by atoms with E-state index in [1.54, 1.807) is 0 Å². The summed E-state index contributed by atoms with van der Waals surface area (Å²) in [6.07, 6.45) is 4.13. The maximum Gasteiger partial charge on any atom is 0.0766 e. The summed E-state index contributed by atoms with van der Waals surface area (Å²) in [5, 5.41) is 4.52. The molecule has 4 nitrogen and oxygen atoms in total. The minimum Gasteiger partial charge on any atom is -0.271 e. The lowest BCUT2D eigenvalue weighted by Crippen LogP contribution is -2.38. The van der Waals surface area contributed by atoms with E-state index in [4.69, 9.17) is 5.84 Å². The Kier molecular flexibility index (Phi) is 6.32. The van der Waals surface area contributed by atoms with Crippen molar-refractivity contribution in [3.63, 3.8) is 0 Å². The highest BCUT2D eigenvalue weighted by Crippen LogP contribution is 2.24. The lowest BCUT2D eigenvalue weighted by atomic mass is 9.96. The fraction of sp³-hybridized carbons (Fsp3) is 0.769. The van der Waals surface area contributed by atoms with E-state index < -0.39 is 0 Å². The molecule has 0 spiro atoms. The maximum absolute atomic E-state index is 5.67. The van der Waals surface area contributed by atoms with Crippen LogP contribution in [-0.2, 0) is 19.9 Å². The quantitative estimate of drug-likeness (QED) is 0.600. The Morgan fingerprint density at radius 3 is 2.56 bits per heavy atom. The van der Waals surface area contributed by atoms with Crippen LogP contribution in [0.3, 0.4) is 0 Å². The van der Waals surface area contributed by atoms with Gasteiger partial charge in [0.2, 0.25) is 0 Å². The van der Waals surface area contributed by atoms with Gasteiger partial charge in [0.1, 0.15) is 0 Å². The number of hydrazine groups is 1. The number of aryl methyl sites for hydroxylation is 2. The van der Waals surface area contributed by atoms with E-state index in [1.165, 1.54) is 12.1 Å². The van der Waals surface area contributed by atoms with E-state index in [9.17, 15) is 0 Å². The predicted molar refractivity (Wildman–Crippen MR) is 79.2 cm³/mol. The van der Waals surface area contributed by atoms with E-state index >= 15 is 0 Å². The zero-order chi connectivity index (χ0) is 13.7. The molecular formula is C13H25BrN4. The Hall–Kier alpha value is -0.390. The Morgan fingerprint density at radius 1 is 1.44 bits per heavy atom. The number of nitrogens with one attached hydrogen (secondary N) is 1. The first-order valence-corrected chi connectivity index (χ1v) is 7.49. The van der Waals surface area contributed by atoms with Crippen molar-refractivity contribution in [2.45, 2.75) is 52.5 Å². The number of aromatic nitrogens is 2. The molecule has 1 aromatic heterocycles. The van der Waals surface area contributed by atoms with Crippen LogP contribution in [0, 0.1) is 5.92 Å². The highest BCUT2D eigenvalue weighted by molar-refractivity contribution is 9.10. The molecular weight excluding hydrogens is 292 g/mol. The SMILES string of the molecule is CCc1nn(C)c(CC(CC(C)CC)NN)c1Br. The summed E-state index contributed by atoms with van der Waals surface area (Å²) in [6, 6.07) is 0.302. The van der Waals surface area contributed by atoms with Crippen molar-refractivity contribution in [3.8, 4) is 0 Å². The number of rotatable bonds is 7. The molecule has 0 radical (unpaired) electrons. The third kappa shape index (κ3) is 3.80. The zero-order valence-electron chi connectivity index (χ0n) is 11.8. The summed E-state index contributed by atoms with van der Waals surface area (Å²) in [7, 11) is 2.00. The number of nitrogens with two attached hydrogens (primary N) is 1. The Labute approximate surface area is 118 Å². The molecule has 0 amide bonds. The van der Waals surface area contributed by atoms with Gasteiger partial charge in [-0.25, -0.2) is 0 Å². The molecule has 2 atom stereocenters. The fourth-order valence-corrected chi connectivity index (χ4v) is 2.92. The molecule has 18 heavy (non-hydrogen) atoms. The van der Waals surface area contributed by atoms with Crippen molar-refractivity contribution in [2.24, 2.45) is 18.8 Å². The summed E-state index contributed by atoms with van der Waals surface area (Å²) >= 11 is 3.65. The topological polar surface area (TPSA) is 55.9 Å². The normalized spacial score (nSPS) is 14.8. The third-order valence-electron chi connectivity index (χ3n) is 3.56. The number of halogens is 1. The summed E-state index contributed by atoms with van der Waals surface area (Å²) in [6.45, 7) is 6.60. The molecule has 3 N–H and O–H groups in total. The second-order valence-corrected chi connectivity index (χ2v) is 5.79. The zero-order valence-corrected chi connectivity index (χ0v) is 13.4. The average Bonchev–Trinajstić information content (AvgIpc) is 2.64. The van der Waals surface area contributed by atoms with Crippen molar-refractivity contribution in [1.29, 1.82) is 0 Å². The van der Waals surface area contributed by atoms with Crippen molar-refractivity contribution in [1.82, 2.24) is 15.2 Å². The molecule has 1 rings (SSSR count). The lowest BCUT2D eigenvalue weighted by molar-refractivity contribution is 0.390. The number of hydrogen-bond donors (Lipinski definition) is 2. The molecule has 1 aromatic rings. The summed E-state index contributed by atoms with van der Waals surface area (Å²) in [5.74, 6) is 6.35. The Balaban J connectivity index is 2.78. The summed E-state index contributed by atoms with van der Waals surface area (Å²) < 4.78 is 3.10. The van der Waals surface area contributed by atoms with Crippen molar-refractivity contribution < 1.29 is 0 Å². The molecule has 1 heterocycles. The van der Waals surface area contributed by atoms with Crippen LogP contribution in [0.4, 0.5) is 0 Å². The van der Waals surface area contributed by atoms with E-state index in [2.05, 4.69) is 47.2 Å². The number of nitrogens with zero attached hydrogens (tertiary/aromatic N) is 2. The Morgan fingerprint density at radius 2 is 2.11 bits per heavy atom. The van der Waals surface area contributed by atoms with Gasteiger partial charge < -0.3 is 0 Å². The third-order valence-corrected chi connectivity index (χ3v) is 4.48. The van der Waals surface area contributed by atoms with Crippen LogP contribution < -0.4 is 11.3 Å². The molecule has 104 valence electrons. The fourth-order valence-electron chi connectivity index (χ4n) is 2.14. The largest absolute Gasteiger partial charge is 0.271 e. The van der Waals surface area contributed by atoms with Crippen LogP contribution in [0.2, 0.25) is 0 Å². The monoisotopic (exact) mass is 316 g/mol. The first-order chi connectivity index (χ1) is 8.53. The van der Waals surface area contributed by atoms with Gasteiger partial charge in [-0.2, -0.15) is 5.10 Å². The summed E-state index contributed by atoms with van der Waals surface area (Å²) in [4.78, 5) is 0. The molecule has 0 aromatic carbocycles. The molecule has 0 bridgehead atoms. The second-order valence-electron chi connectivity index (χ2n) is 5.00. The molecule has 0 aliphatic rings. The first-order valence-electron chi connectivity index (χ1n) is 6.69. The van der Waals surface area contributed by atoms with Gasteiger partial charge in [0, 0.05) is 19.5 Å². The maximum atomic E-state index is 5.67. The van der Waals surface area contributed by atoms with E-state index in [-0.39, 0.29) is 0 Å². The molecule has 0 saturated heterocycles. The van der Waals surface area contributed by atoms with Crippen molar-refractivity contribution in [3.05, 3.63) is 15.9 Å². The molecule has 0 aliphatic carbocycles. The molecule has 0 fully saturated rings. The number of hydrogen-bond acceptors (Lipinski definition) is 3. The smallest absolute Gasteiger partial charge is 0.0766 e. The highest BCUT2D eigenvalue weighted by Gasteiger charge is 2.18. The van der Waals surface area contributed by atoms with Crippen molar-refractivity contribution >= 4 is 15.9 Å². The van der Waals surface area contributed by atoms with E-state index in [0.29, 0.717) is 12.0 Å². The van der Waals surface area contributed by atoms with Crippen LogP contribution in [0.5, 0.6) is 0 Å². The predicted octanol–water partition coefficient (Wildman–Crippen LogP) is 2.56. The standard InChI is InChI=1S/C13H25BrN4/c1-5-9(3)7-10(16-15)8-12-13(14)11(6-2)17-18(12)4/h9-10,16H,5-8,15H2,1-4H3. The highest BCUT2D eigenvalue weighted by atomic mass is 79.9. The van der Waals surface area contributed by atoms with Crippen LogP contribution in [0.25, 0.3) is 0 Å². The summed E-state index contributed by atoms with van der Waals surface area (Å²) in [5.41, 5.74) is 5.27. The van der Waals surface area contributed by atoms with Gasteiger partial charge >= 0.3 is 0 Å².